The van der Waals surface area contributed by atoms with E-state index in [1.54, 1.807) is 29.7 Å². The fourth-order valence-electron chi connectivity index (χ4n) is 3.35. The quantitative estimate of drug-likeness (QED) is 0.535. The zero-order chi connectivity index (χ0) is 21.6. The lowest BCUT2D eigenvalue weighted by atomic mass is 10.2. The summed E-state index contributed by atoms with van der Waals surface area (Å²) >= 11 is 1.56. The SMILES string of the molecule is Cc1nc2c3cnn(Cc4cccc(NC(=O)OC(C)(C)C)c4)c(=O)c3n(C)c2s1. The Morgan fingerprint density at radius 3 is 2.80 bits per heavy atom. The molecule has 1 amide bonds. The summed E-state index contributed by atoms with van der Waals surface area (Å²) in [5.41, 5.74) is 2.07. The Morgan fingerprint density at radius 1 is 1.30 bits per heavy atom. The summed E-state index contributed by atoms with van der Waals surface area (Å²) < 4.78 is 8.59. The van der Waals surface area contributed by atoms with Gasteiger partial charge < -0.3 is 9.30 Å². The third-order valence-corrected chi connectivity index (χ3v) is 5.58. The molecule has 30 heavy (non-hydrogen) atoms. The van der Waals surface area contributed by atoms with Gasteiger partial charge in [0.1, 0.15) is 21.5 Å². The second-order valence-electron chi connectivity index (χ2n) is 8.14. The van der Waals surface area contributed by atoms with Gasteiger partial charge in [-0.15, -0.1) is 11.3 Å². The molecule has 156 valence electrons. The van der Waals surface area contributed by atoms with Gasteiger partial charge in [0, 0.05) is 12.7 Å². The van der Waals surface area contributed by atoms with Crippen LogP contribution < -0.4 is 10.9 Å². The minimum absolute atomic E-state index is 0.177. The highest BCUT2D eigenvalue weighted by atomic mass is 32.1. The van der Waals surface area contributed by atoms with Crippen LogP contribution in [0.1, 0.15) is 31.3 Å². The predicted octanol–water partition coefficient (Wildman–Crippen LogP) is 4.05. The number of carbonyl (C=O) groups is 1. The number of nitrogens with one attached hydrogen (secondary N) is 1. The second kappa shape index (κ2) is 7.24. The number of thiazole rings is 1. The molecule has 0 atom stereocenters. The number of carbonyl (C=O) groups excluding carboxylic acids is 1. The van der Waals surface area contributed by atoms with Crippen LogP contribution in [0.25, 0.3) is 21.3 Å². The molecule has 0 fully saturated rings. The highest BCUT2D eigenvalue weighted by Gasteiger charge is 2.18. The molecule has 4 rings (SSSR count). The van der Waals surface area contributed by atoms with Crippen molar-refractivity contribution < 1.29 is 9.53 Å². The number of benzene rings is 1. The normalized spacial score (nSPS) is 11.9. The van der Waals surface area contributed by atoms with Gasteiger partial charge in [0.25, 0.3) is 5.56 Å². The number of amides is 1. The van der Waals surface area contributed by atoms with Crippen LogP contribution in [-0.4, -0.2) is 31.0 Å². The van der Waals surface area contributed by atoms with Crippen LogP contribution in [0.5, 0.6) is 0 Å². The maximum Gasteiger partial charge on any atom is 0.412 e. The third-order valence-electron chi connectivity index (χ3n) is 4.53. The fraction of sp³-hybridized carbons (Fsp3) is 0.333. The van der Waals surface area contributed by atoms with E-state index in [2.05, 4.69) is 15.4 Å². The molecular formula is C21H23N5O3S. The zero-order valence-electron chi connectivity index (χ0n) is 17.5. The topological polar surface area (TPSA) is 91.0 Å². The van der Waals surface area contributed by atoms with Crippen molar-refractivity contribution in [2.75, 3.05) is 5.32 Å². The summed E-state index contributed by atoms with van der Waals surface area (Å²) in [4.78, 5) is 30.6. The van der Waals surface area contributed by atoms with Gasteiger partial charge in [-0.05, 0) is 45.4 Å². The molecule has 0 aliphatic carbocycles. The molecule has 0 radical (unpaired) electrons. The fourth-order valence-corrected chi connectivity index (χ4v) is 4.25. The molecule has 0 saturated carbocycles. The van der Waals surface area contributed by atoms with Gasteiger partial charge in [-0.25, -0.2) is 14.5 Å². The van der Waals surface area contributed by atoms with Gasteiger partial charge >= 0.3 is 6.09 Å². The average molecular weight is 426 g/mol. The average Bonchev–Trinajstić information content (AvgIpc) is 3.13. The lowest BCUT2D eigenvalue weighted by molar-refractivity contribution is 0.0636. The minimum atomic E-state index is -0.579. The van der Waals surface area contributed by atoms with Crippen LogP contribution in [0.2, 0.25) is 0 Å². The predicted molar refractivity (Wildman–Crippen MR) is 118 cm³/mol. The molecule has 1 N–H and O–H groups in total. The van der Waals surface area contributed by atoms with Gasteiger partial charge in [0.05, 0.1) is 23.1 Å². The molecule has 3 heterocycles. The highest BCUT2D eigenvalue weighted by Crippen LogP contribution is 2.29. The lowest BCUT2D eigenvalue weighted by Crippen LogP contribution is -2.27. The van der Waals surface area contributed by atoms with E-state index in [0.29, 0.717) is 11.2 Å². The number of ether oxygens (including phenoxy) is 1. The maximum absolute atomic E-state index is 13.1. The highest BCUT2D eigenvalue weighted by molar-refractivity contribution is 7.18. The molecule has 0 unspecified atom stereocenters. The van der Waals surface area contributed by atoms with Gasteiger partial charge in [0.2, 0.25) is 0 Å². The first kappa shape index (κ1) is 20.1. The Labute approximate surface area is 177 Å². The Hall–Kier alpha value is -3.20. The Morgan fingerprint density at radius 2 is 2.07 bits per heavy atom. The van der Waals surface area contributed by atoms with Crippen LogP contribution in [-0.2, 0) is 18.3 Å². The van der Waals surface area contributed by atoms with Gasteiger partial charge in [-0.1, -0.05) is 12.1 Å². The third kappa shape index (κ3) is 3.80. The molecule has 8 nitrogen and oxygen atoms in total. The smallest absolute Gasteiger partial charge is 0.412 e. The summed E-state index contributed by atoms with van der Waals surface area (Å²) in [6.07, 6.45) is 1.17. The van der Waals surface area contributed by atoms with E-state index in [-0.39, 0.29) is 12.1 Å². The van der Waals surface area contributed by atoms with Crippen molar-refractivity contribution in [3.63, 3.8) is 0 Å². The number of hydrogen-bond acceptors (Lipinski definition) is 6. The van der Waals surface area contributed by atoms with Crippen molar-refractivity contribution in [2.45, 2.75) is 39.8 Å². The summed E-state index contributed by atoms with van der Waals surface area (Å²) in [5, 5.41) is 8.79. The summed E-state index contributed by atoms with van der Waals surface area (Å²) in [7, 11) is 1.87. The Bertz CT molecular complexity index is 1330. The first-order valence-electron chi connectivity index (χ1n) is 9.53. The van der Waals surface area contributed by atoms with Gasteiger partial charge in [-0.3, -0.25) is 10.1 Å². The van der Waals surface area contributed by atoms with Crippen molar-refractivity contribution in [1.82, 2.24) is 19.3 Å². The number of aryl methyl sites for hydroxylation is 2. The molecule has 0 saturated heterocycles. The molecule has 0 aliphatic heterocycles. The standard InChI is InChI=1S/C21H23N5O3S/c1-12-23-16-15-10-22-26(18(27)17(15)25(5)19(16)30-12)11-13-7-6-8-14(9-13)24-20(28)29-21(2,3)4/h6-10H,11H2,1-5H3,(H,24,28). The van der Waals surface area contributed by atoms with E-state index in [1.807, 2.05) is 51.4 Å². The summed E-state index contributed by atoms with van der Waals surface area (Å²) in [5.74, 6) is 0. The van der Waals surface area contributed by atoms with Crippen molar-refractivity contribution >= 4 is 44.4 Å². The van der Waals surface area contributed by atoms with E-state index >= 15 is 0 Å². The maximum atomic E-state index is 13.1. The van der Waals surface area contributed by atoms with Crippen molar-refractivity contribution in [2.24, 2.45) is 7.05 Å². The van der Waals surface area contributed by atoms with Crippen molar-refractivity contribution in [3.05, 3.63) is 51.4 Å². The van der Waals surface area contributed by atoms with Crippen LogP contribution in [0.15, 0.2) is 35.3 Å². The molecule has 4 aromatic rings. The van der Waals surface area contributed by atoms with Crippen LogP contribution in [0, 0.1) is 6.92 Å². The molecule has 0 spiro atoms. The van der Waals surface area contributed by atoms with Crippen LogP contribution in [0.3, 0.4) is 0 Å². The summed E-state index contributed by atoms with van der Waals surface area (Å²) in [6, 6.07) is 7.27. The monoisotopic (exact) mass is 425 g/mol. The van der Waals surface area contributed by atoms with E-state index in [0.717, 1.165) is 26.3 Å². The molecule has 0 bridgehead atoms. The van der Waals surface area contributed by atoms with Crippen molar-refractivity contribution in [3.8, 4) is 0 Å². The summed E-state index contributed by atoms with van der Waals surface area (Å²) in [6.45, 7) is 7.65. The van der Waals surface area contributed by atoms with Gasteiger partial charge in [0.15, 0.2) is 0 Å². The van der Waals surface area contributed by atoms with E-state index in [4.69, 9.17) is 4.74 Å². The largest absolute Gasteiger partial charge is 0.444 e. The number of anilines is 1. The minimum Gasteiger partial charge on any atom is -0.444 e. The first-order chi connectivity index (χ1) is 14.1. The second-order valence-corrected chi connectivity index (χ2v) is 9.32. The van der Waals surface area contributed by atoms with Gasteiger partial charge in [-0.2, -0.15) is 5.10 Å². The Kier molecular flexibility index (Phi) is 4.85. The number of fused-ring (bicyclic) bond motifs is 3. The number of aromatic nitrogens is 4. The van der Waals surface area contributed by atoms with E-state index in [9.17, 15) is 9.59 Å². The number of hydrogen-bond donors (Lipinski definition) is 1. The molecule has 1 aromatic carbocycles. The molecule has 9 heteroatoms. The molecule has 0 aliphatic rings. The van der Waals surface area contributed by atoms with Crippen LogP contribution in [0.4, 0.5) is 10.5 Å². The van der Waals surface area contributed by atoms with E-state index in [1.165, 1.54) is 4.68 Å². The van der Waals surface area contributed by atoms with E-state index < -0.39 is 11.7 Å². The van der Waals surface area contributed by atoms with Crippen molar-refractivity contribution in [1.29, 1.82) is 0 Å². The van der Waals surface area contributed by atoms with Crippen LogP contribution >= 0.6 is 11.3 Å². The zero-order valence-corrected chi connectivity index (χ0v) is 18.3. The molecule has 3 aromatic heterocycles. The Balaban J connectivity index is 1.63. The lowest BCUT2D eigenvalue weighted by Gasteiger charge is -2.19. The molecular weight excluding hydrogens is 402 g/mol. The number of rotatable bonds is 3. The first-order valence-corrected chi connectivity index (χ1v) is 10.3. The number of nitrogens with zero attached hydrogens (tertiary/aromatic N) is 4.